The zero-order chi connectivity index (χ0) is 25.7. The van der Waals surface area contributed by atoms with Crippen molar-refractivity contribution in [2.45, 2.75) is 0 Å². The SMILES string of the molecule is C=CC(=O)Nc1cc(Nc2ncc3cncc(-c4cncc(F)c4)c3n2)ccc1N(C)CCN(C)C. The van der Waals surface area contributed by atoms with Crippen LogP contribution in [0.1, 0.15) is 0 Å². The zero-order valence-electron chi connectivity index (χ0n) is 20.4. The number of anilines is 4. The summed E-state index contributed by atoms with van der Waals surface area (Å²) in [5, 5.41) is 6.78. The van der Waals surface area contributed by atoms with Crippen molar-refractivity contribution in [3.8, 4) is 11.1 Å². The van der Waals surface area contributed by atoms with Crippen LogP contribution in [-0.2, 0) is 4.79 Å². The van der Waals surface area contributed by atoms with E-state index in [2.05, 4.69) is 46.9 Å². The maximum atomic E-state index is 13.8. The quantitative estimate of drug-likeness (QED) is 0.341. The fourth-order valence-corrected chi connectivity index (χ4v) is 3.62. The molecular weight excluding hydrogens is 459 g/mol. The first-order valence-electron chi connectivity index (χ1n) is 11.3. The maximum Gasteiger partial charge on any atom is 0.247 e. The number of likely N-dealkylation sites (N-methyl/N-ethyl adjacent to an activating group) is 2. The van der Waals surface area contributed by atoms with Crippen LogP contribution in [0.15, 0.2) is 67.9 Å². The van der Waals surface area contributed by atoms with E-state index in [9.17, 15) is 9.18 Å². The lowest BCUT2D eigenvalue weighted by Crippen LogP contribution is -2.29. The summed E-state index contributed by atoms with van der Waals surface area (Å²) in [6.45, 7) is 5.18. The Labute approximate surface area is 208 Å². The molecule has 0 bridgehead atoms. The predicted molar refractivity (Wildman–Crippen MR) is 141 cm³/mol. The smallest absolute Gasteiger partial charge is 0.247 e. The fraction of sp³-hybridized carbons (Fsp3) is 0.192. The fourth-order valence-electron chi connectivity index (χ4n) is 3.62. The summed E-state index contributed by atoms with van der Waals surface area (Å²) in [7, 11) is 5.99. The van der Waals surface area contributed by atoms with E-state index in [4.69, 9.17) is 0 Å². The molecule has 10 heteroatoms. The molecule has 36 heavy (non-hydrogen) atoms. The highest BCUT2D eigenvalue weighted by Crippen LogP contribution is 2.31. The number of rotatable bonds is 9. The first-order chi connectivity index (χ1) is 17.3. The molecule has 9 nitrogen and oxygen atoms in total. The van der Waals surface area contributed by atoms with E-state index in [-0.39, 0.29) is 5.91 Å². The third kappa shape index (κ3) is 5.78. The van der Waals surface area contributed by atoms with Crippen LogP contribution in [0.5, 0.6) is 0 Å². The number of halogens is 1. The largest absolute Gasteiger partial charge is 0.372 e. The van der Waals surface area contributed by atoms with Crippen LogP contribution in [0.3, 0.4) is 0 Å². The first-order valence-corrected chi connectivity index (χ1v) is 11.3. The molecule has 0 atom stereocenters. The number of hydrogen-bond donors (Lipinski definition) is 2. The van der Waals surface area contributed by atoms with Gasteiger partial charge in [0, 0.05) is 67.1 Å². The van der Waals surface area contributed by atoms with Crippen molar-refractivity contribution >= 4 is 39.8 Å². The number of benzene rings is 1. The molecule has 0 unspecified atom stereocenters. The number of carbonyl (C=O) groups is 1. The molecule has 0 spiro atoms. The Bertz CT molecular complexity index is 1410. The van der Waals surface area contributed by atoms with E-state index in [0.717, 1.165) is 25.0 Å². The highest BCUT2D eigenvalue weighted by molar-refractivity contribution is 6.01. The van der Waals surface area contributed by atoms with Crippen molar-refractivity contribution in [1.82, 2.24) is 24.8 Å². The molecular formula is C26H27FN8O. The Hall–Kier alpha value is -4.44. The van der Waals surface area contributed by atoms with Crippen molar-refractivity contribution in [3.63, 3.8) is 0 Å². The minimum Gasteiger partial charge on any atom is -0.372 e. The van der Waals surface area contributed by atoms with Gasteiger partial charge in [-0.15, -0.1) is 0 Å². The lowest BCUT2D eigenvalue weighted by molar-refractivity contribution is -0.111. The molecule has 0 fully saturated rings. The maximum absolute atomic E-state index is 13.8. The Morgan fingerprint density at radius 2 is 1.86 bits per heavy atom. The monoisotopic (exact) mass is 486 g/mol. The summed E-state index contributed by atoms with van der Waals surface area (Å²) < 4.78 is 13.8. The van der Waals surface area contributed by atoms with Gasteiger partial charge in [-0.3, -0.25) is 14.8 Å². The highest BCUT2D eigenvalue weighted by atomic mass is 19.1. The third-order valence-corrected chi connectivity index (χ3v) is 5.50. The van der Waals surface area contributed by atoms with E-state index in [1.54, 1.807) is 24.8 Å². The molecule has 0 aliphatic carbocycles. The standard InChI is InChI=1S/C26H27FN8O/c1-5-24(36)32-22-11-20(6-7-23(22)35(4)9-8-34(2)3)31-26-30-14-18-13-29-16-21(25(18)33-26)17-10-19(27)15-28-12-17/h5-7,10-16H,1,8-9H2,2-4H3,(H,32,36)(H,30,31,33). The minimum absolute atomic E-state index is 0.308. The average molecular weight is 487 g/mol. The van der Waals surface area contributed by atoms with Gasteiger partial charge in [-0.1, -0.05) is 6.58 Å². The molecule has 3 heterocycles. The Kier molecular flexibility index (Phi) is 7.45. The molecule has 4 rings (SSSR count). The topological polar surface area (TPSA) is 99.2 Å². The van der Waals surface area contributed by atoms with Gasteiger partial charge in [-0.25, -0.2) is 14.4 Å². The van der Waals surface area contributed by atoms with Gasteiger partial charge in [-0.2, -0.15) is 0 Å². The number of fused-ring (bicyclic) bond motifs is 1. The van der Waals surface area contributed by atoms with Crippen molar-refractivity contribution in [3.05, 3.63) is 73.7 Å². The molecule has 1 aromatic carbocycles. The van der Waals surface area contributed by atoms with Gasteiger partial charge in [0.05, 0.1) is 23.1 Å². The Morgan fingerprint density at radius 1 is 1.06 bits per heavy atom. The van der Waals surface area contributed by atoms with Gasteiger partial charge in [0.1, 0.15) is 5.82 Å². The van der Waals surface area contributed by atoms with E-state index < -0.39 is 5.82 Å². The summed E-state index contributed by atoms with van der Waals surface area (Å²) in [5.41, 5.74) is 3.99. The van der Waals surface area contributed by atoms with Crippen LogP contribution in [0.4, 0.5) is 27.4 Å². The van der Waals surface area contributed by atoms with E-state index in [1.807, 2.05) is 39.3 Å². The van der Waals surface area contributed by atoms with Crippen molar-refractivity contribution < 1.29 is 9.18 Å². The molecule has 3 aromatic heterocycles. The van der Waals surface area contributed by atoms with Gasteiger partial charge in [-0.05, 0) is 44.4 Å². The van der Waals surface area contributed by atoms with Gasteiger partial charge in [0.2, 0.25) is 11.9 Å². The van der Waals surface area contributed by atoms with Crippen molar-refractivity contribution in [2.75, 3.05) is 49.8 Å². The van der Waals surface area contributed by atoms with Crippen LogP contribution >= 0.6 is 0 Å². The van der Waals surface area contributed by atoms with E-state index in [0.29, 0.717) is 39.4 Å². The van der Waals surface area contributed by atoms with Crippen LogP contribution in [0.25, 0.3) is 22.0 Å². The van der Waals surface area contributed by atoms with Crippen molar-refractivity contribution in [2.24, 2.45) is 0 Å². The number of pyridine rings is 2. The lowest BCUT2D eigenvalue weighted by atomic mass is 10.1. The first kappa shape index (κ1) is 24.7. The molecule has 0 radical (unpaired) electrons. The van der Waals surface area contributed by atoms with Crippen LogP contribution in [-0.4, -0.2) is 65.0 Å². The molecule has 0 saturated heterocycles. The van der Waals surface area contributed by atoms with Gasteiger partial charge in [0.15, 0.2) is 0 Å². The number of aromatic nitrogens is 4. The number of nitrogens with zero attached hydrogens (tertiary/aromatic N) is 6. The minimum atomic E-state index is -0.443. The number of nitrogens with one attached hydrogen (secondary N) is 2. The van der Waals surface area contributed by atoms with Gasteiger partial charge in [0.25, 0.3) is 0 Å². The summed E-state index contributed by atoms with van der Waals surface area (Å²) in [6.07, 6.45) is 8.86. The Morgan fingerprint density at radius 3 is 2.61 bits per heavy atom. The van der Waals surface area contributed by atoms with Crippen LogP contribution in [0, 0.1) is 5.82 Å². The molecule has 2 N–H and O–H groups in total. The zero-order valence-corrected chi connectivity index (χ0v) is 20.4. The average Bonchev–Trinajstić information content (AvgIpc) is 2.87. The normalized spacial score (nSPS) is 10.9. The van der Waals surface area contributed by atoms with Crippen molar-refractivity contribution in [1.29, 1.82) is 0 Å². The summed E-state index contributed by atoms with van der Waals surface area (Å²) in [4.78, 5) is 33.5. The second-order valence-corrected chi connectivity index (χ2v) is 8.49. The third-order valence-electron chi connectivity index (χ3n) is 5.50. The second kappa shape index (κ2) is 10.9. The number of amides is 1. The number of carbonyl (C=O) groups excluding carboxylic acids is 1. The van der Waals surface area contributed by atoms with E-state index >= 15 is 0 Å². The highest BCUT2D eigenvalue weighted by Gasteiger charge is 2.13. The molecule has 0 aliphatic rings. The van der Waals surface area contributed by atoms with E-state index in [1.165, 1.54) is 12.1 Å². The molecule has 4 aromatic rings. The number of hydrogen-bond acceptors (Lipinski definition) is 8. The van der Waals surface area contributed by atoms with Crippen LogP contribution < -0.4 is 15.5 Å². The summed E-state index contributed by atoms with van der Waals surface area (Å²) in [5.74, 6) is -0.409. The lowest BCUT2D eigenvalue weighted by Gasteiger charge is -2.24. The predicted octanol–water partition coefficient (Wildman–Crippen LogP) is 4.09. The Balaban J connectivity index is 1.67. The summed E-state index contributed by atoms with van der Waals surface area (Å²) >= 11 is 0. The molecule has 0 aliphatic heterocycles. The van der Waals surface area contributed by atoms with Gasteiger partial charge < -0.3 is 20.4 Å². The second-order valence-electron chi connectivity index (χ2n) is 8.49. The van der Waals surface area contributed by atoms with Crippen LogP contribution in [0.2, 0.25) is 0 Å². The molecule has 1 amide bonds. The molecule has 184 valence electrons. The summed E-state index contributed by atoms with van der Waals surface area (Å²) in [6, 6.07) is 7.02. The van der Waals surface area contributed by atoms with Gasteiger partial charge >= 0.3 is 0 Å². The molecule has 0 saturated carbocycles.